The van der Waals surface area contributed by atoms with Gasteiger partial charge in [-0.1, -0.05) is 0 Å². The third-order valence-electron chi connectivity index (χ3n) is 0.410. The van der Waals surface area contributed by atoms with Crippen molar-refractivity contribution < 1.29 is 22.8 Å². The fraction of sp³-hybridized carbons (Fsp3) is 0. The summed E-state index contributed by atoms with van der Waals surface area (Å²) in [4.78, 5) is 9.76. The van der Waals surface area contributed by atoms with Crippen molar-refractivity contribution in [2.24, 2.45) is 0 Å². The highest BCUT2D eigenvalue weighted by molar-refractivity contribution is 7.74. The van der Waals surface area contributed by atoms with Crippen LogP contribution in [-0.4, -0.2) is 19.8 Å². The van der Waals surface area contributed by atoms with Crippen molar-refractivity contribution in [1.29, 1.82) is 0 Å². The van der Waals surface area contributed by atoms with Gasteiger partial charge >= 0.3 is 17.3 Å². The molecule has 0 aromatic rings. The first kappa shape index (κ1) is 8.12. The molecule has 0 aromatic carbocycles. The van der Waals surface area contributed by atoms with Crippen LogP contribution in [0.4, 0.5) is 0 Å². The van der Waals surface area contributed by atoms with Gasteiger partial charge in [0.05, 0.1) is 0 Å². The lowest BCUT2D eigenvalue weighted by Gasteiger charge is -1.94. The van der Waals surface area contributed by atoms with Crippen LogP contribution in [0.3, 0.4) is 0 Å². The van der Waals surface area contributed by atoms with E-state index in [2.05, 4.69) is 10.8 Å². The Labute approximate surface area is 53.4 Å². The van der Waals surface area contributed by atoms with E-state index < -0.39 is 23.1 Å². The van der Waals surface area contributed by atoms with Crippen molar-refractivity contribution in [2.75, 3.05) is 0 Å². The first-order valence-corrected chi connectivity index (χ1v) is 2.78. The van der Waals surface area contributed by atoms with Crippen LogP contribution in [0.1, 0.15) is 0 Å². The Bertz CT molecular complexity index is 162. The highest BCUT2D eigenvalue weighted by atomic mass is 32.2. The number of aliphatic carboxylic acids is 1. The van der Waals surface area contributed by atoms with Gasteiger partial charge in [-0.05, 0) is 6.58 Å². The molecule has 0 aliphatic rings. The van der Waals surface area contributed by atoms with Gasteiger partial charge in [-0.25, -0.2) is 4.79 Å². The maximum absolute atomic E-state index is 9.76. The number of hydrogen-bond acceptors (Lipinski definition) is 3. The molecule has 0 saturated carbocycles. The second-order valence-electron chi connectivity index (χ2n) is 1.03. The van der Waals surface area contributed by atoms with Crippen LogP contribution >= 0.6 is 0 Å². The van der Waals surface area contributed by atoms with E-state index in [0.717, 1.165) is 0 Å². The fourth-order valence-electron chi connectivity index (χ4n) is 0.122. The molecule has 0 bridgehead atoms. The highest BCUT2D eigenvalue weighted by Gasteiger charge is 2.06. The fourth-order valence-corrected chi connectivity index (χ4v) is 0.365. The zero-order valence-electron chi connectivity index (χ0n) is 4.23. The minimum atomic E-state index is -2.60. The minimum Gasteiger partial charge on any atom is -0.475 e. The molecular formula is C3H4O5S. The molecular weight excluding hydrogens is 148 g/mol. The topological polar surface area (TPSA) is 83.8 Å². The summed E-state index contributed by atoms with van der Waals surface area (Å²) in [5.41, 5.74) is 0. The van der Waals surface area contributed by atoms with Crippen LogP contribution in [0.25, 0.3) is 0 Å². The molecule has 0 radical (unpaired) electrons. The smallest absolute Gasteiger partial charge is 0.372 e. The molecule has 0 saturated heterocycles. The van der Waals surface area contributed by atoms with Gasteiger partial charge in [-0.15, -0.1) is 0 Å². The van der Waals surface area contributed by atoms with Gasteiger partial charge in [0, 0.05) is 0 Å². The predicted octanol–water partition coefficient (Wildman–Crippen LogP) is -0.262. The van der Waals surface area contributed by atoms with E-state index in [-0.39, 0.29) is 0 Å². The van der Waals surface area contributed by atoms with E-state index in [1.165, 1.54) is 0 Å². The Balaban J connectivity index is 3.79. The second-order valence-corrected chi connectivity index (χ2v) is 1.63. The largest absolute Gasteiger partial charge is 0.475 e. The third kappa shape index (κ3) is 3.68. The van der Waals surface area contributed by atoms with Gasteiger partial charge in [0.1, 0.15) is 0 Å². The molecule has 0 aliphatic carbocycles. The summed E-state index contributed by atoms with van der Waals surface area (Å²) in [6, 6.07) is 0. The van der Waals surface area contributed by atoms with Gasteiger partial charge in [0.25, 0.3) is 0 Å². The molecule has 0 aromatic heterocycles. The average Bonchev–Trinajstić information content (AvgIpc) is 1.63. The Morgan fingerprint density at radius 2 is 2.11 bits per heavy atom. The third-order valence-corrected chi connectivity index (χ3v) is 0.754. The van der Waals surface area contributed by atoms with Crippen LogP contribution in [0.2, 0.25) is 0 Å². The Hall–Kier alpha value is -0.880. The van der Waals surface area contributed by atoms with Gasteiger partial charge in [0.2, 0.25) is 5.76 Å². The van der Waals surface area contributed by atoms with Crippen molar-refractivity contribution >= 4 is 17.3 Å². The lowest BCUT2D eigenvalue weighted by atomic mass is 10.6. The van der Waals surface area contributed by atoms with E-state index in [1.54, 1.807) is 0 Å². The molecule has 2 N–H and O–H groups in total. The summed E-state index contributed by atoms with van der Waals surface area (Å²) >= 11 is -2.60. The molecule has 6 heteroatoms. The summed E-state index contributed by atoms with van der Waals surface area (Å²) in [5.74, 6) is -2.21. The highest BCUT2D eigenvalue weighted by Crippen LogP contribution is 1.93. The van der Waals surface area contributed by atoms with Crippen molar-refractivity contribution in [3.05, 3.63) is 12.3 Å². The Morgan fingerprint density at radius 3 is 2.22 bits per heavy atom. The number of hydrogen-bond donors (Lipinski definition) is 2. The molecule has 0 heterocycles. The van der Waals surface area contributed by atoms with Crippen molar-refractivity contribution in [3.8, 4) is 0 Å². The summed E-state index contributed by atoms with van der Waals surface area (Å²) in [6.07, 6.45) is 0. The van der Waals surface area contributed by atoms with Crippen LogP contribution in [0.15, 0.2) is 12.3 Å². The molecule has 0 fully saturated rings. The second kappa shape index (κ2) is 3.21. The molecule has 1 unspecified atom stereocenters. The molecule has 0 amide bonds. The minimum absolute atomic E-state index is 0.754. The summed E-state index contributed by atoms with van der Waals surface area (Å²) in [5, 5.41) is 7.96. The van der Waals surface area contributed by atoms with Crippen LogP contribution < -0.4 is 0 Å². The maximum atomic E-state index is 9.76. The quantitative estimate of drug-likeness (QED) is 0.330. The van der Waals surface area contributed by atoms with Crippen molar-refractivity contribution in [2.45, 2.75) is 0 Å². The Kier molecular flexibility index (Phi) is 2.89. The summed E-state index contributed by atoms with van der Waals surface area (Å²) in [6.45, 7) is 2.82. The molecule has 0 aliphatic heterocycles. The van der Waals surface area contributed by atoms with E-state index in [0.29, 0.717) is 0 Å². The van der Waals surface area contributed by atoms with E-state index in [1.807, 2.05) is 0 Å². The molecule has 1 atom stereocenters. The lowest BCUT2D eigenvalue weighted by Crippen LogP contribution is -2.04. The monoisotopic (exact) mass is 152 g/mol. The van der Waals surface area contributed by atoms with E-state index in [9.17, 15) is 9.00 Å². The maximum Gasteiger partial charge on any atom is 0.372 e. The van der Waals surface area contributed by atoms with E-state index >= 15 is 0 Å². The van der Waals surface area contributed by atoms with Gasteiger partial charge in [0.15, 0.2) is 0 Å². The summed E-state index contributed by atoms with van der Waals surface area (Å²) < 4.78 is 21.3. The van der Waals surface area contributed by atoms with Crippen molar-refractivity contribution in [3.63, 3.8) is 0 Å². The first-order valence-electron chi connectivity index (χ1n) is 1.75. The predicted molar refractivity (Wildman–Crippen MR) is 28.6 cm³/mol. The first-order chi connectivity index (χ1) is 4.04. The molecule has 0 rings (SSSR count). The van der Waals surface area contributed by atoms with Gasteiger partial charge < -0.3 is 9.29 Å². The number of rotatable bonds is 3. The van der Waals surface area contributed by atoms with Crippen LogP contribution in [0, 0.1) is 0 Å². The number of carboxylic acids is 1. The average molecular weight is 152 g/mol. The summed E-state index contributed by atoms with van der Waals surface area (Å²) in [7, 11) is 0. The SMILES string of the molecule is C=C(OS(=O)O)C(=O)O. The number of carboxylic acid groups (broad SMARTS) is 1. The lowest BCUT2D eigenvalue weighted by molar-refractivity contribution is -0.134. The molecule has 0 spiro atoms. The molecule has 5 nitrogen and oxygen atoms in total. The zero-order chi connectivity index (χ0) is 7.44. The Morgan fingerprint density at radius 1 is 1.67 bits per heavy atom. The van der Waals surface area contributed by atoms with E-state index in [4.69, 9.17) is 9.66 Å². The van der Waals surface area contributed by atoms with Crippen LogP contribution in [-0.2, 0) is 20.3 Å². The van der Waals surface area contributed by atoms with Crippen molar-refractivity contribution in [1.82, 2.24) is 0 Å². The van der Waals surface area contributed by atoms with Crippen LogP contribution in [0.5, 0.6) is 0 Å². The normalized spacial score (nSPS) is 12.1. The van der Waals surface area contributed by atoms with Gasteiger partial charge in [-0.2, -0.15) is 4.21 Å². The van der Waals surface area contributed by atoms with Gasteiger partial charge in [-0.3, -0.25) is 4.55 Å². The molecule has 52 valence electrons. The standard InChI is InChI=1S/C3H4O5S/c1-2(3(4)5)8-9(6)7/h1H2,(H,4,5)(H,6,7). The molecule has 9 heavy (non-hydrogen) atoms. The number of carbonyl (C=O) groups is 1. The zero-order valence-corrected chi connectivity index (χ0v) is 5.05.